The number of imidazole rings is 1. The van der Waals surface area contributed by atoms with Gasteiger partial charge >= 0.3 is 6.09 Å². The largest absolute Gasteiger partial charge is 0.444 e. The third-order valence-corrected chi connectivity index (χ3v) is 5.41. The first-order valence-electron chi connectivity index (χ1n) is 11.3. The molecule has 0 saturated carbocycles. The summed E-state index contributed by atoms with van der Waals surface area (Å²) in [6.07, 6.45) is 2.76. The Bertz CT molecular complexity index is 1150. The van der Waals surface area contributed by atoms with Gasteiger partial charge in [-0.2, -0.15) is 0 Å². The Morgan fingerprint density at radius 2 is 1.76 bits per heavy atom. The lowest BCUT2D eigenvalue weighted by molar-refractivity contribution is -0.116. The van der Waals surface area contributed by atoms with Crippen LogP contribution in [0, 0.1) is 0 Å². The van der Waals surface area contributed by atoms with Crippen LogP contribution in [0.15, 0.2) is 36.4 Å². The van der Waals surface area contributed by atoms with Gasteiger partial charge in [0.25, 0.3) is 0 Å². The number of benzene rings is 2. The van der Waals surface area contributed by atoms with E-state index in [0.717, 1.165) is 41.7 Å². The molecule has 3 N–H and O–H groups in total. The van der Waals surface area contributed by atoms with Crippen LogP contribution in [-0.4, -0.2) is 34.1 Å². The molecular weight excluding hydrogens is 475 g/mol. The number of H-pyrrole nitrogens is 1. The van der Waals surface area contributed by atoms with E-state index in [1.54, 1.807) is 18.2 Å². The van der Waals surface area contributed by atoms with E-state index in [9.17, 15) is 9.59 Å². The van der Waals surface area contributed by atoms with Gasteiger partial charge in [0, 0.05) is 35.1 Å². The fraction of sp³-hybridized carbons (Fsp3) is 0.400. The zero-order valence-electron chi connectivity index (χ0n) is 19.6. The van der Waals surface area contributed by atoms with Crippen molar-refractivity contribution in [1.29, 1.82) is 0 Å². The van der Waals surface area contributed by atoms with Crippen LogP contribution in [0.5, 0.6) is 0 Å². The number of carbonyl (C=O) groups excluding carboxylic acids is 2. The topological polar surface area (TPSA) is 96.1 Å². The number of fused-ring (bicyclic) bond motifs is 1. The predicted molar refractivity (Wildman–Crippen MR) is 137 cm³/mol. The molecular formula is C25H30Cl2N4O3. The van der Waals surface area contributed by atoms with Gasteiger partial charge in [-0.1, -0.05) is 29.6 Å². The minimum atomic E-state index is -0.513. The number of unbranched alkanes of at least 4 members (excludes halogenated alkanes) is 2. The highest BCUT2D eigenvalue weighted by Crippen LogP contribution is 2.25. The molecule has 0 bridgehead atoms. The van der Waals surface area contributed by atoms with Crippen LogP contribution in [0.25, 0.3) is 11.0 Å². The number of hydrogen-bond donors (Lipinski definition) is 3. The zero-order valence-corrected chi connectivity index (χ0v) is 21.1. The Labute approximate surface area is 209 Å². The Morgan fingerprint density at radius 3 is 2.53 bits per heavy atom. The molecule has 182 valence electrons. The van der Waals surface area contributed by atoms with Crippen molar-refractivity contribution in [3.63, 3.8) is 0 Å². The molecule has 0 aliphatic rings. The van der Waals surface area contributed by atoms with Gasteiger partial charge in [-0.3, -0.25) is 4.79 Å². The van der Waals surface area contributed by atoms with Gasteiger partial charge < -0.3 is 20.4 Å². The van der Waals surface area contributed by atoms with Crippen LogP contribution < -0.4 is 10.6 Å². The number of rotatable bonds is 9. The number of nitrogens with zero attached hydrogens (tertiary/aromatic N) is 1. The first kappa shape index (κ1) is 25.8. The Balaban J connectivity index is 1.48. The third kappa shape index (κ3) is 8.22. The number of aromatic nitrogens is 2. The molecule has 0 spiro atoms. The van der Waals surface area contributed by atoms with Crippen LogP contribution in [-0.2, 0) is 16.0 Å². The maximum absolute atomic E-state index is 12.5. The molecule has 0 radical (unpaired) electrons. The summed E-state index contributed by atoms with van der Waals surface area (Å²) >= 11 is 12.3. The average Bonchev–Trinajstić information content (AvgIpc) is 3.12. The summed E-state index contributed by atoms with van der Waals surface area (Å²) in [6, 6.07) is 10.9. The number of ether oxygens (including phenoxy) is 1. The maximum atomic E-state index is 12.5. The Hall–Kier alpha value is -2.77. The van der Waals surface area contributed by atoms with Crippen LogP contribution in [0.4, 0.5) is 10.5 Å². The maximum Gasteiger partial charge on any atom is 0.407 e. The van der Waals surface area contributed by atoms with Crippen LogP contribution in [0.2, 0.25) is 10.0 Å². The first-order valence-corrected chi connectivity index (χ1v) is 12.0. The zero-order chi connectivity index (χ0) is 24.7. The molecule has 0 atom stereocenters. The summed E-state index contributed by atoms with van der Waals surface area (Å²) in [4.78, 5) is 32.0. The van der Waals surface area contributed by atoms with E-state index in [1.165, 1.54) is 0 Å². The van der Waals surface area contributed by atoms with Crippen molar-refractivity contribution < 1.29 is 14.3 Å². The van der Waals surface area contributed by atoms with Gasteiger partial charge in [-0.15, -0.1) is 0 Å². The van der Waals surface area contributed by atoms with E-state index in [2.05, 4.69) is 20.6 Å². The van der Waals surface area contributed by atoms with Crippen LogP contribution in [0.1, 0.15) is 57.8 Å². The number of hydrogen-bond acceptors (Lipinski definition) is 4. The van der Waals surface area contributed by atoms with E-state index < -0.39 is 11.7 Å². The summed E-state index contributed by atoms with van der Waals surface area (Å²) in [5.74, 6) is 0.688. The lowest BCUT2D eigenvalue weighted by Crippen LogP contribution is -2.33. The molecule has 1 heterocycles. The second-order valence-electron chi connectivity index (χ2n) is 9.11. The summed E-state index contributed by atoms with van der Waals surface area (Å²) < 4.78 is 5.20. The average molecular weight is 505 g/mol. The van der Waals surface area contributed by atoms with E-state index in [1.807, 2.05) is 39.0 Å². The first-order chi connectivity index (χ1) is 16.1. The van der Waals surface area contributed by atoms with E-state index in [0.29, 0.717) is 35.1 Å². The minimum Gasteiger partial charge on any atom is -0.444 e. The summed E-state index contributed by atoms with van der Waals surface area (Å²) in [5, 5.41) is 6.94. The van der Waals surface area contributed by atoms with Crippen LogP contribution in [0.3, 0.4) is 0 Å². The number of halogens is 2. The van der Waals surface area contributed by atoms with E-state index >= 15 is 0 Å². The quantitative estimate of drug-likeness (QED) is 0.290. The molecule has 34 heavy (non-hydrogen) atoms. The smallest absolute Gasteiger partial charge is 0.407 e. The molecule has 0 aliphatic carbocycles. The fourth-order valence-corrected chi connectivity index (χ4v) is 3.80. The highest BCUT2D eigenvalue weighted by molar-refractivity contribution is 6.31. The van der Waals surface area contributed by atoms with Gasteiger partial charge in [0.2, 0.25) is 5.91 Å². The molecule has 0 aliphatic heterocycles. The molecule has 2 aromatic carbocycles. The molecule has 0 fully saturated rings. The third-order valence-electron chi connectivity index (χ3n) is 4.94. The standard InChI is InChI=1S/C25H30Cl2N4O3/c1-25(2,3)34-24(33)28-12-6-4-5-7-23(32)31-19-10-8-17(26)13-16(19)14-22-29-20-11-9-18(27)15-21(20)30-22/h8-11,13,15H,4-7,12,14H2,1-3H3,(H,28,33)(H,29,30)(H,31,32). The minimum absolute atomic E-state index is 0.0694. The molecule has 3 aromatic rings. The molecule has 1 aromatic heterocycles. The van der Waals surface area contributed by atoms with Crippen molar-refractivity contribution in [2.24, 2.45) is 0 Å². The number of aromatic amines is 1. The van der Waals surface area contributed by atoms with Crippen molar-refractivity contribution in [2.75, 3.05) is 11.9 Å². The molecule has 2 amide bonds. The highest BCUT2D eigenvalue weighted by Gasteiger charge is 2.15. The molecule has 3 rings (SSSR count). The predicted octanol–water partition coefficient (Wildman–Crippen LogP) is 6.48. The number of anilines is 1. The van der Waals surface area contributed by atoms with Crippen molar-refractivity contribution >= 4 is 51.9 Å². The van der Waals surface area contributed by atoms with E-state index in [4.69, 9.17) is 27.9 Å². The van der Waals surface area contributed by atoms with Gasteiger partial charge in [-0.05, 0) is 75.6 Å². The molecule has 9 heteroatoms. The normalized spacial score (nSPS) is 11.4. The number of alkyl carbamates (subject to hydrolysis) is 1. The van der Waals surface area contributed by atoms with Gasteiger partial charge in [0.1, 0.15) is 11.4 Å². The van der Waals surface area contributed by atoms with Crippen molar-refractivity contribution in [3.05, 3.63) is 57.8 Å². The molecule has 7 nitrogen and oxygen atoms in total. The van der Waals surface area contributed by atoms with Crippen molar-refractivity contribution in [3.8, 4) is 0 Å². The van der Waals surface area contributed by atoms with Crippen molar-refractivity contribution in [1.82, 2.24) is 15.3 Å². The number of nitrogens with one attached hydrogen (secondary N) is 3. The Kier molecular flexibility index (Phi) is 8.80. The SMILES string of the molecule is CC(C)(C)OC(=O)NCCCCCC(=O)Nc1ccc(Cl)cc1Cc1nc2ccc(Cl)cc2[nH]1. The summed E-state index contributed by atoms with van der Waals surface area (Å²) in [5.41, 5.74) is 2.75. The second kappa shape index (κ2) is 11.6. The summed E-state index contributed by atoms with van der Waals surface area (Å²) in [6.45, 7) is 5.98. The van der Waals surface area contributed by atoms with Crippen molar-refractivity contribution in [2.45, 2.75) is 58.5 Å². The van der Waals surface area contributed by atoms with Crippen LogP contribution >= 0.6 is 23.2 Å². The fourth-order valence-electron chi connectivity index (χ4n) is 3.43. The van der Waals surface area contributed by atoms with Gasteiger partial charge in [0.05, 0.1) is 11.0 Å². The molecule has 0 saturated heterocycles. The van der Waals surface area contributed by atoms with Gasteiger partial charge in [0.15, 0.2) is 0 Å². The highest BCUT2D eigenvalue weighted by atomic mass is 35.5. The monoisotopic (exact) mass is 504 g/mol. The Morgan fingerprint density at radius 1 is 1.03 bits per heavy atom. The van der Waals surface area contributed by atoms with Gasteiger partial charge in [-0.25, -0.2) is 9.78 Å². The number of carbonyl (C=O) groups is 2. The molecule has 0 unspecified atom stereocenters. The second-order valence-corrected chi connectivity index (χ2v) is 9.98. The summed E-state index contributed by atoms with van der Waals surface area (Å²) in [7, 11) is 0. The van der Waals surface area contributed by atoms with E-state index in [-0.39, 0.29) is 5.91 Å². The lowest BCUT2D eigenvalue weighted by Gasteiger charge is -2.19. The number of amides is 2. The lowest BCUT2D eigenvalue weighted by atomic mass is 10.1.